The topological polar surface area (TPSA) is 50.4 Å². The highest BCUT2D eigenvalue weighted by atomic mass is 16.5. The van der Waals surface area contributed by atoms with Crippen molar-refractivity contribution in [1.29, 1.82) is 0 Å². The molecule has 0 aliphatic carbocycles. The highest BCUT2D eigenvalue weighted by molar-refractivity contribution is 5.80. The number of aromatic nitrogens is 2. The van der Waals surface area contributed by atoms with Gasteiger partial charge in [-0.2, -0.15) is 5.10 Å². The van der Waals surface area contributed by atoms with Gasteiger partial charge in [0, 0.05) is 24.6 Å². The molecule has 2 aromatic rings. The minimum atomic E-state index is 0.625. The van der Waals surface area contributed by atoms with Crippen LogP contribution in [-0.4, -0.2) is 36.5 Å². The number of unbranched alkanes of at least 4 members (excludes halogenated alkanes) is 1. The summed E-state index contributed by atoms with van der Waals surface area (Å²) in [6.07, 6.45) is 4.65. The average Bonchev–Trinajstić information content (AvgIpc) is 3.12. The van der Waals surface area contributed by atoms with Crippen LogP contribution in [0.3, 0.4) is 0 Å². The molecule has 0 unspecified atom stereocenters. The van der Waals surface area contributed by atoms with Crippen molar-refractivity contribution < 1.29 is 9.47 Å². The fraction of sp³-hybridized carbons (Fsp3) is 0.550. The number of rotatable bonds is 7. The molecule has 0 saturated carbocycles. The SMILES string of the molecule is CCCCOc1ccc(-c2n[nH]c3c2N2CCC3CC2)cc1OCC. The molecule has 1 N–H and O–H groups in total. The molecule has 25 heavy (non-hydrogen) atoms. The van der Waals surface area contributed by atoms with Crippen molar-refractivity contribution in [3.8, 4) is 22.8 Å². The molecule has 0 amide bonds. The molecule has 1 aromatic heterocycles. The lowest BCUT2D eigenvalue weighted by molar-refractivity contribution is 0.273. The van der Waals surface area contributed by atoms with Crippen LogP contribution in [0.25, 0.3) is 11.3 Å². The fourth-order valence-electron chi connectivity index (χ4n) is 3.92. The van der Waals surface area contributed by atoms with Gasteiger partial charge in [0.1, 0.15) is 5.69 Å². The van der Waals surface area contributed by atoms with Crippen LogP contribution >= 0.6 is 0 Å². The van der Waals surface area contributed by atoms with Crippen LogP contribution in [0.1, 0.15) is 51.1 Å². The number of hydrogen-bond donors (Lipinski definition) is 1. The molecular weight excluding hydrogens is 314 g/mol. The highest BCUT2D eigenvalue weighted by Gasteiger charge is 2.35. The first kappa shape index (κ1) is 16.3. The third kappa shape index (κ3) is 2.96. The second-order valence-corrected chi connectivity index (χ2v) is 6.89. The molecule has 1 fully saturated rings. The fourth-order valence-corrected chi connectivity index (χ4v) is 3.92. The number of hydrogen-bond acceptors (Lipinski definition) is 4. The van der Waals surface area contributed by atoms with Gasteiger partial charge in [-0.25, -0.2) is 0 Å². The minimum absolute atomic E-state index is 0.625. The van der Waals surface area contributed by atoms with Gasteiger partial charge in [-0.3, -0.25) is 5.10 Å². The predicted molar refractivity (Wildman–Crippen MR) is 99.8 cm³/mol. The van der Waals surface area contributed by atoms with E-state index in [2.05, 4.69) is 34.2 Å². The van der Waals surface area contributed by atoms with E-state index in [1.54, 1.807) is 0 Å². The van der Waals surface area contributed by atoms with Gasteiger partial charge in [-0.1, -0.05) is 13.3 Å². The second kappa shape index (κ2) is 6.98. The van der Waals surface area contributed by atoms with Crippen LogP contribution in [0.5, 0.6) is 11.5 Å². The van der Waals surface area contributed by atoms with E-state index in [4.69, 9.17) is 9.47 Å². The molecule has 1 saturated heterocycles. The van der Waals surface area contributed by atoms with Crippen LogP contribution in [0.4, 0.5) is 5.69 Å². The standard InChI is InChI=1S/C20H27N3O2/c1-3-5-12-25-16-7-6-15(13-17(16)24-4-2)19-20-18(21-22-19)14-8-10-23(20)11-9-14/h6-7,13-14H,3-5,8-12H2,1-2H3,(H,21,22). The lowest BCUT2D eigenvalue weighted by atomic mass is 9.86. The number of piperidine rings is 1. The van der Waals surface area contributed by atoms with E-state index < -0.39 is 0 Å². The van der Waals surface area contributed by atoms with Crippen molar-refractivity contribution in [3.63, 3.8) is 0 Å². The molecule has 0 spiro atoms. The number of H-pyrrole nitrogens is 1. The van der Waals surface area contributed by atoms with E-state index >= 15 is 0 Å². The van der Waals surface area contributed by atoms with Crippen LogP contribution in [0, 0.1) is 0 Å². The van der Waals surface area contributed by atoms with Gasteiger partial charge in [0.25, 0.3) is 0 Å². The van der Waals surface area contributed by atoms with Gasteiger partial charge in [0.05, 0.1) is 24.6 Å². The van der Waals surface area contributed by atoms with E-state index in [0.29, 0.717) is 12.5 Å². The minimum Gasteiger partial charge on any atom is -0.490 e. The first-order valence-corrected chi connectivity index (χ1v) is 9.55. The summed E-state index contributed by atoms with van der Waals surface area (Å²) < 4.78 is 11.7. The maximum Gasteiger partial charge on any atom is 0.161 e. The molecule has 0 radical (unpaired) electrons. The summed E-state index contributed by atoms with van der Waals surface area (Å²) >= 11 is 0. The molecule has 5 heteroatoms. The lowest BCUT2D eigenvalue weighted by Crippen LogP contribution is -2.38. The van der Waals surface area contributed by atoms with Crippen molar-refractivity contribution in [3.05, 3.63) is 23.9 Å². The molecule has 134 valence electrons. The summed E-state index contributed by atoms with van der Waals surface area (Å²) in [7, 11) is 0. The molecule has 0 atom stereocenters. The Labute approximate surface area is 149 Å². The molecule has 3 aliphatic heterocycles. The van der Waals surface area contributed by atoms with Gasteiger partial charge in [0.15, 0.2) is 11.5 Å². The van der Waals surface area contributed by atoms with Crippen molar-refractivity contribution >= 4 is 5.69 Å². The first-order chi connectivity index (χ1) is 12.3. The van der Waals surface area contributed by atoms with Gasteiger partial charge in [-0.15, -0.1) is 0 Å². The largest absolute Gasteiger partial charge is 0.490 e. The summed E-state index contributed by atoms with van der Waals surface area (Å²) in [6, 6.07) is 6.20. The van der Waals surface area contributed by atoms with Crippen molar-refractivity contribution in [1.82, 2.24) is 10.2 Å². The number of anilines is 1. The van der Waals surface area contributed by atoms with Gasteiger partial charge in [0.2, 0.25) is 0 Å². The number of fused-ring (bicyclic) bond motifs is 2. The summed E-state index contributed by atoms with van der Waals surface area (Å²) in [4.78, 5) is 2.47. The number of aromatic amines is 1. The predicted octanol–water partition coefficient (Wildman–Crippen LogP) is 4.35. The highest BCUT2D eigenvalue weighted by Crippen LogP contribution is 2.46. The zero-order valence-corrected chi connectivity index (χ0v) is 15.2. The normalized spacial score (nSPS) is 16.2. The van der Waals surface area contributed by atoms with E-state index in [1.165, 1.54) is 24.2 Å². The van der Waals surface area contributed by atoms with Crippen LogP contribution in [-0.2, 0) is 0 Å². The zero-order chi connectivity index (χ0) is 17.2. The molecule has 5 rings (SSSR count). The Kier molecular flexibility index (Phi) is 4.55. The maximum atomic E-state index is 5.90. The molecule has 4 heterocycles. The van der Waals surface area contributed by atoms with Gasteiger partial charge in [-0.05, 0) is 44.4 Å². The Morgan fingerprint density at radius 2 is 2.00 bits per heavy atom. The summed E-state index contributed by atoms with van der Waals surface area (Å²) in [5, 5.41) is 7.95. The monoisotopic (exact) mass is 341 g/mol. The smallest absolute Gasteiger partial charge is 0.161 e. The molecule has 2 bridgehead atoms. The first-order valence-electron chi connectivity index (χ1n) is 9.55. The van der Waals surface area contributed by atoms with Crippen LogP contribution in [0.15, 0.2) is 18.2 Å². The number of ether oxygens (including phenoxy) is 2. The third-order valence-corrected chi connectivity index (χ3v) is 5.26. The van der Waals surface area contributed by atoms with Crippen molar-refractivity contribution in [2.75, 3.05) is 31.2 Å². The Morgan fingerprint density at radius 1 is 1.16 bits per heavy atom. The van der Waals surface area contributed by atoms with Crippen LogP contribution < -0.4 is 14.4 Å². The van der Waals surface area contributed by atoms with E-state index in [0.717, 1.165) is 55.3 Å². The third-order valence-electron chi connectivity index (χ3n) is 5.26. The van der Waals surface area contributed by atoms with Gasteiger partial charge >= 0.3 is 0 Å². The van der Waals surface area contributed by atoms with E-state index in [-0.39, 0.29) is 0 Å². The quantitative estimate of drug-likeness (QED) is 0.761. The Morgan fingerprint density at radius 3 is 2.76 bits per heavy atom. The average molecular weight is 341 g/mol. The number of benzene rings is 1. The second-order valence-electron chi connectivity index (χ2n) is 6.89. The van der Waals surface area contributed by atoms with Gasteiger partial charge < -0.3 is 14.4 Å². The van der Waals surface area contributed by atoms with Crippen molar-refractivity contribution in [2.24, 2.45) is 0 Å². The summed E-state index contributed by atoms with van der Waals surface area (Å²) in [6.45, 7) is 7.80. The lowest BCUT2D eigenvalue weighted by Gasteiger charge is -2.40. The van der Waals surface area contributed by atoms with Crippen molar-refractivity contribution in [2.45, 2.75) is 45.4 Å². The van der Waals surface area contributed by atoms with E-state index in [1.807, 2.05) is 13.0 Å². The number of nitrogens with zero attached hydrogens (tertiary/aromatic N) is 2. The molecular formula is C20H27N3O2. The van der Waals surface area contributed by atoms with E-state index in [9.17, 15) is 0 Å². The Hall–Kier alpha value is -2.17. The molecule has 1 aromatic carbocycles. The summed E-state index contributed by atoms with van der Waals surface area (Å²) in [5.41, 5.74) is 4.75. The Bertz CT molecular complexity index is 733. The zero-order valence-electron chi connectivity index (χ0n) is 15.2. The number of nitrogens with one attached hydrogen (secondary N) is 1. The Balaban J connectivity index is 1.66. The molecule has 5 nitrogen and oxygen atoms in total. The maximum absolute atomic E-state index is 5.90. The molecule has 3 aliphatic rings. The van der Waals surface area contributed by atoms with Crippen LogP contribution in [0.2, 0.25) is 0 Å². The summed E-state index contributed by atoms with van der Waals surface area (Å²) in [5.74, 6) is 2.28.